The van der Waals surface area contributed by atoms with E-state index in [-0.39, 0.29) is 17.4 Å². The SMILES string of the molecule is CCN(C(=O)c1cnc(NCc2ccc(F)cc2)cn1)c1cccc(C)c1. The zero-order valence-corrected chi connectivity index (χ0v) is 15.3. The number of amides is 1. The lowest BCUT2D eigenvalue weighted by Gasteiger charge is -2.21. The van der Waals surface area contributed by atoms with Crippen LogP contribution in [-0.2, 0) is 6.54 Å². The van der Waals surface area contributed by atoms with Crippen LogP contribution in [0.25, 0.3) is 0 Å². The monoisotopic (exact) mass is 364 g/mol. The number of anilines is 2. The van der Waals surface area contributed by atoms with Crippen LogP contribution in [0.3, 0.4) is 0 Å². The highest BCUT2D eigenvalue weighted by Crippen LogP contribution is 2.18. The van der Waals surface area contributed by atoms with Crippen molar-refractivity contribution in [1.82, 2.24) is 9.97 Å². The highest BCUT2D eigenvalue weighted by Gasteiger charge is 2.18. The molecule has 5 nitrogen and oxygen atoms in total. The summed E-state index contributed by atoms with van der Waals surface area (Å²) in [4.78, 5) is 23.0. The Morgan fingerprint density at radius 1 is 1.11 bits per heavy atom. The van der Waals surface area contributed by atoms with Gasteiger partial charge in [0.2, 0.25) is 0 Å². The molecular weight excluding hydrogens is 343 g/mol. The van der Waals surface area contributed by atoms with E-state index in [4.69, 9.17) is 0 Å². The zero-order valence-electron chi connectivity index (χ0n) is 15.3. The number of carbonyl (C=O) groups is 1. The number of hydrogen-bond donors (Lipinski definition) is 1. The summed E-state index contributed by atoms with van der Waals surface area (Å²) in [5.41, 5.74) is 3.13. The molecule has 0 aliphatic carbocycles. The number of nitrogens with zero attached hydrogens (tertiary/aromatic N) is 3. The molecule has 1 amide bonds. The van der Waals surface area contributed by atoms with E-state index < -0.39 is 0 Å². The second-order valence-corrected chi connectivity index (χ2v) is 6.16. The van der Waals surface area contributed by atoms with E-state index >= 15 is 0 Å². The van der Waals surface area contributed by atoms with Crippen molar-refractivity contribution in [2.24, 2.45) is 0 Å². The van der Waals surface area contributed by atoms with E-state index in [1.807, 2.05) is 38.1 Å². The summed E-state index contributed by atoms with van der Waals surface area (Å²) in [6.45, 7) is 4.94. The molecule has 0 radical (unpaired) electrons. The maximum atomic E-state index is 12.9. The average Bonchev–Trinajstić information content (AvgIpc) is 2.68. The van der Waals surface area contributed by atoms with Gasteiger partial charge in [0.15, 0.2) is 0 Å². The molecule has 27 heavy (non-hydrogen) atoms. The Morgan fingerprint density at radius 2 is 1.89 bits per heavy atom. The quantitative estimate of drug-likeness (QED) is 0.712. The summed E-state index contributed by atoms with van der Waals surface area (Å²) >= 11 is 0. The second-order valence-electron chi connectivity index (χ2n) is 6.16. The Bertz CT molecular complexity index is 910. The Kier molecular flexibility index (Phi) is 5.76. The molecule has 1 aromatic heterocycles. The fourth-order valence-electron chi connectivity index (χ4n) is 2.70. The van der Waals surface area contributed by atoms with E-state index in [9.17, 15) is 9.18 Å². The Labute approximate surface area is 157 Å². The first-order valence-electron chi connectivity index (χ1n) is 8.75. The molecule has 6 heteroatoms. The van der Waals surface area contributed by atoms with E-state index in [2.05, 4.69) is 15.3 Å². The van der Waals surface area contributed by atoms with Crippen LogP contribution < -0.4 is 10.2 Å². The van der Waals surface area contributed by atoms with Crippen molar-refractivity contribution in [1.29, 1.82) is 0 Å². The van der Waals surface area contributed by atoms with Crippen LogP contribution in [0.5, 0.6) is 0 Å². The van der Waals surface area contributed by atoms with Crippen molar-refractivity contribution in [3.63, 3.8) is 0 Å². The van der Waals surface area contributed by atoms with Crippen molar-refractivity contribution >= 4 is 17.4 Å². The van der Waals surface area contributed by atoms with Crippen molar-refractivity contribution < 1.29 is 9.18 Å². The largest absolute Gasteiger partial charge is 0.365 e. The number of halogens is 1. The number of benzene rings is 2. The summed E-state index contributed by atoms with van der Waals surface area (Å²) in [6, 6.07) is 14.0. The highest BCUT2D eigenvalue weighted by atomic mass is 19.1. The minimum absolute atomic E-state index is 0.194. The molecule has 0 spiro atoms. The summed E-state index contributed by atoms with van der Waals surface area (Å²) in [5.74, 6) is 0.0886. The summed E-state index contributed by atoms with van der Waals surface area (Å²) in [7, 11) is 0. The molecule has 1 heterocycles. The lowest BCUT2D eigenvalue weighted by molar-refractivity contribution is 0.0983. The van der Waals surface area contributed by atoms with Gasteiger partial charge >= 0.3 is 0 Å². The first-order valence-corrected chi connectivity index (χ1v) is 8.75. The van der Waals surface area contributed by atoms with Crippen LogP contribution in [0.15, 0.2) is 60.9 Å². The fourth-order valence-corrected chi connectivity index (χ4v) is 2.70. The van der Waals surface area contributed by atoms with E-state index in [1.165, 1.54) is 24.5 Å². The standard InChI is InChI=1S/C21H21FN4O/c1-3-26(18-6-4-5-15(2)11-18)21(27)19-13-25-20(14-23-19)24-12-16-7-9-17(22)10-8-16/h4-11,13-14H,3,12H2,1-2H3,(H,24,25). The number of aryl methyl sites for hydroxylation is 1. The first kappa shape index (κ1) is 18.5. The first-order chi connectivity index (χ1) is 13.1. The van der Waals surface area contributed by atoms with Crippen molar-refractivity contribution in [3.05, 3.63) is 83.6 Å². The van der Waals surface area contributed by atoms with Gasteiger partial charge in [-0.25, -0.2) is 14.4 Å². The normalized spacial score (nSPS) is 10.5. The molecule has 0 atom stereocenters. The molecule has 3 rings (SSSR count). The lowest BCUT2D eigenvalue weighted by Crippen LogP contribution is -2.31. The van der Waals surface area contributed by atoms with E-state index in [0.717, 1.165) is 16.8 Å². The van der Waals surface area contributed by atoms with Crippen LogP contribution in [0, 0.1) is 12.7 Å². The van der Waals surface area contributed by atoms with Crippen LogP contribution in [0.2, 0.25) is 0 Å². The number of carbonyl (C=O) groups excluding carboxylic acids is 1. The molecule has 0 aliphatic heterocycles. The summed E-state index contributed by atoms with van der Waals surface area (Å²) in [6.07, 6.45) is 2.99. The number of rotatable bonds is 6. The van der Waals surface area contributed by atoms with Gasteiger partial charge in [-0.15, -0.1) is 0 Å². The van der Waals surface area contributed by atoms with Gasteiger partial charge in [-0.2, -0.15) is 0 Å². The Morgan fingerprint density at radius 3 is 2.52 bits per heavy atom. The molecule has 138 valence electrons. The van der Waals surface area contributed by atoms with Gasteiger partial charge in [-0.1, -0.05) is 24.3 Å². The van der Waals surface area contributed by atoms with Crippen molar-refractivity contribution in [3.8, 4) is 0 Å². The number of hydrogen-bond acceptors (Lipinski definition) is 4. The van der Waals surface area contributed by atoms with Crippen LogP contribution in [-0.4, -0.2) is 22.4 Å². The highest BCUT2D eigenvalue weighted by molar-refractivity contribution is 6.04. The molecule has 3 aromatic rings. The topological polar surface area (TPSA) is 58.1 Å². The predicted octanol–water partition coefficient (Wildman–Crippen LogP) is 4.20. The molecule has 1 N–H and O–H groups in total. The van der Waals surface area contributed by atoms with E-state index in [0.29, 0.717) is 18.9 Å². The average molecular weight is 364 g/mol. The van der Waals surface area contributed by atoms with Gasteiger partial charge in [0.1, 0.15) is 17.3 Å². The van der Waals surface area contributed by atoms with Gasteiger partial charge in [-0.05, 0) is 49.2 Å². The number of nitrogens with one attached hydrogen (secondary N) is 1. The van der Waals surface area contributed by atoms with Crippen molar-refractivity contribution in [2.45, 2.75) is 20.4 Å². The number of aromatic nitrogens is 2. The Balaban J connectivity index is 1.68. The summed E-state index contributed by atoms with van der Waals surface area (Å²) < 4.78 is 12.9. The van der Waals surface area contributed by atoms with Crippen molar-refractivity contribution in [2.75, 3.05) is 16.8 Å². The Hall–Kier alpha value is -3.28. The van der Waals surface area contributed by atoms with Gasteiger partial charge in [-0.3, -0.25) is 4.79 Å². The third kappa shape index (κ3) is 4.67. The minimum atomic E-state index is -0.268. The molecular formula is C21H21FN4O. The molecule has 0 unspecified atom stereocenters. The van der Waals surface area contributed by atoms with Gasteiger partial charge in [0.25, 0.3) is 5.91 Å². The molecule has 0 saturated carbocycles. The third-order valence-electron chi connectivity index (χ3n) is 4.13. The van der Waals surface area contributed by atoms with Gasteiger partial charge in [0, 0.05) is 18.8 Å². The lowest BCUT2D eigenvalue weighted by atomic mass is 10.2. The van der Waals surface area contributed by atoms with E-state index in [1.54, 1.807) is 17.0 Å². The molecule has 0 saturated heterocycles. The van der Waals surface area contributed by atoms with Gasteiger partial charge < -0.3 is 10.2 Å². The molecule has 0 aliphatic rings. The van der Waals surface area contributed by atoms with Crippen LogP contribution >= 0.6 is 0 Å². The zero-order chi connectivity index (χ0) is 19.2. The van der Waals surface area contributed by atoms with Crippen LogP contribution in [0.1, 0.15) is 28.5 Å². The smallest absolute Gasteiger partial charge is 0.278 e. The van der Waals surface area contributed by atoms with Crippen LogP contribution in [0.4, 0.5) is 15.9 Å². The minimum Gasteiger partial charge on any atom is -0.365 e. The predicted molar refractivity (Wildman–Crippen MR) is 104 cm³/mol. The van der Waals surface area contributed by atoms with Gasteiger partial charge in [0.05, 0.1) is 12.4 Å². The molecule has 2 aromatic carbocycles. The maximum Gasteiger partial charge on any atom is 0.278 e. The molecule has 0 bridgehead atoms. The molecule has 0 fully saturated rings. The third-order valence-corrected chi connectivity index (χ3v) is 4.13. The maximum absolute atomic E-state index is 12.9. The second kappa shape index (κ2) is 8.40. The fraction of sp³-hybridized carbons (Fsp3) is 0.190. The summed E-state index contributed by atoms with van der Waals surface area (Å²) in [5, 5.41) is 3.11.